The predicted octanol–water partition coefficient (Wildman–Crippen LogP) is 0.939. The van der Waals surface area contributed by atoms with E-state index in [0.717, 1.165) is 32.3 Å². The third kappa shape index (κ3) is 11.7. The Labute approximate surface area is 311 Å². The van der Waals surface area contributed by atoms with Gasteiger partial charge in [0.25, 0.3) is 0 Å². The molecule has 0 saturated carbocycles. The zero-order chi connectivity index (χ0) is 41.0. The summed E-state index contributed by atoms with van der Waals surface area (Å²) in [6.07, 6.45) is -3.71. The first-order chi connectivity index (χ1) is 25.9. The molecular formula is C33H33FN6O14S. The summed E-state index contributed by atoms with van der Waals surface area (Å²) >= 11 is 1.57. The van der Waals surface area contributed by atoms with Crippen molar-refractivity contribution < 1.29 is 74.3 Å². The van der Waals surface area contributed by atoms with E-state index in [1.807, 2.05) is 23.7 Å². The number of nitrogens with one attached hydrogen (secondary N) is 2. The van der Waals surface area contributed by atoms with Gasteiger partial charge in [-0.3, -0.25) is 4.68 Å². The van der Waals surface area contributed by atoms with Gasteiger partial charge in [-0.15, -0.1) is 11.3 Å². The molecule has 4 atom stereocenters. The summed E-state index contributed by atoms with van der Waals surface area (Å²) in [5.74, 6) is -7.07. The van der Waals surface area contributed by atoms with Crippen LogP contribution in [0.1, 0.15) is 0 Å². The van der Waals surface area contributed by atoms with Gasteiger partial charge < -0.3 is 62.3 Å². The topological polar surface area (TPSA) is 348 Å². The van der Waals surface area contributed by atoms with E-state index in [2.05, 4.69) is 20.7 Å². The van der Waals surface area contributed by atoms with Crippen molar-refractivity contribution in [3.63, 3.8) is 0 Å². The second-order valence-electron chi connectivity index (χ2n) is 10.9. The monoisotopic (exact) mass is 788 g/mol. The summed E-state index contributed by atoms with van der Waals surface area (Å²) in [6.45, 7) is 0.429. The van der Waals surface area contributed by atoms with Gasteiger partial charge in [-0.25, -0.2) is 33.3 Å². The highest BCUT2D eigenvalue weighted by atomic mass is 32.1. The number of nitrogens with zero attached hydrogens (tertiary/aromatic N) is 3. The summed E-state index contributed by atoms with van der Waals surface area (Å²) in [5.41, 5.74) is 10.9. The third-order valence-electron chi connectivity index (χ3n) is 7.04. The molecular weight excluding hydrogens is 755 g/mol. The van der Waals surface area contributed by atoms with E-state index in [0.29, 0.717) is 23.7 Å². The van der Waals surface area contributed by atoms with Crippen molar-refractivity contribution in [1.82, 2.24) is 14.8 Å². The van der Waals surface area contributed by atoms with Gasteiger partial charge in [-0.2, -0.15) is 5.10 Å². The highest BCUT2D eigenvalue weighted by molar-refractivity contribution is 7.18. The van der Waals surface area contributed by atoms with E-state index in [-0.39, 0.29) is 6.61 Å². The molecule has 0 spiro atoms. The average Bonchev–Trinajstić information content (AvgIpc) is 3.80. The number of nitrogen functional groups attached to an aromatic ring is 1. The van der Waals surface area contributed by atoms with Gasteiger partial charge in [-0.1, -0.05) is 18.2 Å². The van der Waals surface area contributed by atoms with Crippen molar-refractivity contribution in [2.45, 2.75) is 31.0 Å². The molecule has 0 saturated heterocycles. The number of amides is 2. The lowest BCUT2D eigenvalue weighted by atomic mass is 10.0. The molecule has 0 fully saturated rings. The number of carboxylic acid groups (broad SMARTS) is 4. The Morgan fingerprint density at radius 1 is 0.764 bits per heavy atom. The minimum absolute atomic E-state index is 0.0109. The number of carbonyl (C=O) groups excluding carboxylic acids is 1. The molecule has 0 radical (unpaired) electrons. The van der Waals surface area contributed by atoms with Crippen molar-refractivity contribution in [3.05, 3.63) is 78.3 Å². The molecule has 0 aliphatic carbocycles. The van der Waals surface area contributed by atoms with Gasteiger partial charge in [0.2, 0.25) is 0 Å². The average molecular weight is 789 g/mol. The first kappa shape index (κ1) is 42.8. The number of carbonyl (C=O) groups is 5. The van der Waals surface area contributed by atoms with Gasteiger partial charge in [-0.05, 0) is 41.3 Å². The summed E-state index contributed by atoms with van der Waals surface area (Å²) in [6, 6.07) is 12.6. The van der Waals surface area contributed by atoms with Crippen LogP contribution < -0.4 is 16.4 Å². The molecule has 5 rings (SSSR count). The second-order valence-corrected chi connectivity index (χ2v) is 11.8. The Morgan fingerprint density at radius 2 is 1.31 bits per heavy atom. The van der Waals surface area contributed by atoms with Crippen LogP contribution in [0, 0.1) is 5.82 Å². The van der Waals surface area contributed by atoms with Crippen molar-refractivity contribution in [2.75, 3.05) is 23.0 Å². The zero-order valence-electron chi connectivity index (χ0n) is 27.9. The number of aromatic nitrogens is 3. The van der Waals surface area contributed by atoms with E-state index in [9.17, 15) is 28.4 Å². The number of benzene rings is 2. The number of carboxylic acids is 4. The van der Waals surface area contributed by atoms with Crippen LogP contribution in [0.5, 0.6) is 0 Å². The number of aliphatic hydroxyl groups is 5. The van der Waals surface area contributed by atoms with Crippen LogP contribution >= 0.6 is 11.3 Å². The normalized spacial score (nSPS) is 12.8. The number of anilines is 3. The van der Waals surface area contributed by atoms with E-state index in [4.69, 9.17) is 51.7 Å². The molecule has 0 aliphatic heterocycles. The second kappa shape index (κ2) is 19.5. The SMILES string of the molecule is Nc1ncc(-c2cnn(CCO)c2)c2scc(-c3ccc(NC(=O)Nc4cccc(F)c4)cc3)c12.O=C(O)C(O)C(O)C(=O)O.O=C(O)C(O)C(O)C(=O)O. The molecule has 13 N–H and O–H groups in total. The molecule has 3 heterocycles. The molecule has 4 unspecified atom stereocenters. The number of fused-ring (bicyclic) bond motifs is 1. The lowest BCUT2D eigenvalue weighted by Gasteiger charge is -2.09. The minimum atomic E-state index is -2.27. The number of aliphatic hydroxyl groups excluding tert-OH is 5. The van der Waals surface area contributed by atoms with E-state index in [1.54, 1.807) is 46.6 Å². The van der Waals surface area contributed by atoms with Gasteiger partial charge >= 0.3 is 29.9 Å². The quantitative estimate of drug-likeness (QED) is 0.0836. The van der Waals surface area contributed by atoms with E-state index < -0.39 is 60.1 Å². The van der Waals surface area contributed by atoms with Crippen LogP contribution in [-0.4, -0.2) is 122 Å². The Balaban J connectivity index is 0.000000335. The summed E-state index contributed by atoms with van der Waals surface area (Å²) in [7, 11) is 0. The lowest BCUT2D eigenvalue weighted by Crippen LogP contribution is -2.39. The molecule has 0 aliphatic rings. The van der Waals surface area contributed by atoms with Crippen molar-refractivity contribution in [3.8, 4) is 22.3 Å². The van der Waals surface area contributed by atoms with Crippen molar-refractivity contribution >= 4 is 68.5 Å². The molecule has 22 heteroatoms. The standard InChI is InChI=1S/C25H21FN6O2S.2C4H6O6/c26-17-2-1-3-19(10-17)31-25(34)30-18-6-4-15(5-7-18)21-14-35-23-20(12-28-24(27)22(21)23)16-11-29-32(13-16)8-9-33;2*5-1(3(7)8)2(6)4(9)10/h1-7,10-14,33H,8-9H2,(H2,27,28)(H2,30,31,34);2*1-2,5-6H,(H,7,8)(H,9,10). The molecule has 55 heavy (non-hydrogen) atoms. The number of pyridine rings is 1. The Kier molecular flexibility index (Phi) is 15.2. The number of halogens is 1. The Morgan fingerprint density at radius 3 is 1.82 bits per heavy atom. The van der Waals surface area contributed by atoms with Crippen molar-refractivity contribution in [1.29, 1.82) is 0 Å². The zero-order valence-corrected chi connectivity index (χ0v) is 28.7. The number of hydrogen-bond donors (Lipinski definition) is 12. The molecule has 3 aromatic heterocycles. The van der Waals surface area contributed by atoms with Gasteiger partial charge in [0, 0.05) is 50.5 Å². The van der Waals surface area contributed by atoms with Gasteiger partial charge in [0.05, 0.1) is 19.3 Å². The largest absolute Gasteiger partial charge is 0.479 e. The first-order valence-electron chi connectivity index (χ1n) is 15.3. The van der Waals surface area contributed by atoms with Gasteiger partial charge in [0.1, 0.15) is 11.6 Å². The maximum absolute atomic E-state index is 13.3. The van der Waals surface area contributed by atoms with Crippen LogP contribution in [0.2, 0.25) is 0 Å². The number of hydrogen-bond acceptors (Lipinski definition) is 14. The van der Waals surface area contributed by atoms with E-state index in [1.165, 1.54) is 18.2 Å². The summed E-state index contributed by atoms with van der Waals surface area (Å²) in [4.78, 5) is 55.7. The number of nitrogens with two attached hydrogens (primary N) is 1. The molecule has 0 bridgehead atoms. The molecule has 292 valence electrons. The van der Waals surface area contributed by atoms with Gasteiger partial charge in [0.15, 0.2) is 24.4 Å². The highest BCUT2D eigenvalue weighted by Gasteiger charge is 2.30. The Bertz CT molecular complexity index is 2070. The Hall–Kier alpha value is -6.56. The van der Waals surface area contributed by atoms with Crippen LogP contribution in [0.3, 0.4) is 0 Å². The fourth-order valence-corrected chi connectivity index (χ4v) is 5.47. The maximum atomic E-state index is 13.3. The smallest absolute Gasteiger partial charge is 0.335 e. The minimum Gasteiger partial charge on any atom is -0.479 e. The maximum Gasteiger partial charge on any atom is 0.335 e. The van der Waals surface area contributed by atoms with Crippen LogP contribution in [0.4, 0.5) is 26.4 Å². The number of aliphatic carboxylic acids is 4. The fourth-order valence-electron chi connectivity index (χ4n) is 4.35. The van der Waals surface area contributed by atoms with Crippen molar-refractivity contribution in [2.24, 2.45) is 0 Å². The number of thiophene rings is 1. The molecule has 20 nitrogen and oxygen atoms in total. The fraction of sp³-hybridized carbons (Fsp3) is 0.182. The van der Waals surface area contributed by atoms with Crippen LogP contribution in [0.25, 0.3) is 32.3 Å². The molecule has 2 aromatic carbocycles. The summed E-state index contributed by atoms with van der Waals surface area (Å²) in [5, 5.41) is 86.7. The predicted molar refractivity (Wildman–Crippen MR) is 191 cm³/mol. The summed E-state index contributed by atoms with van der Waals surface area (Å²) < 4.78 is 16.0. The van der Waals surface area contributed by atoms with Crippen LogP contribution in [-0.2, 0) is 25.7 Å². The number of rotatable bonds is 12. The lowest BCUT2D eigenvalue weighted by molar-refractivity contribution is -0.165. The highest BCUT2D eigenvalue weighted by Crippen LogP contribution is 2.41. The molecule has 2 amide bonds. The molecule has 5 aromatic rings. The van der Waals surface area contributed by atoms with E-state index >= 15 is 0 Å². The third-order valence-corrected chi connectivity index (χ3v) is 8.06. The van der Waals surface area contributed by atoms with Crippen LogP contribution in [0.15, 0.2) is 72.5 Å². The number of urea groups is 1. The first-order valence-corrected chi connectivity index (χ1v) is 16.2.